The Morgan fingerprint density at radius 3 is 2.43 bits per heavy atom. The van der Waals surface area contributed by atoms with E-state index in [9.17, 15) is 0 Å². The fourth-order valence-electron chi connectivity index (χ4n) is 1.05. The predicted octanol–water partition coefficient (Wildman–Crippen LogP) is 2.80. The minimum Gasteiger partial charge on any atom is -0.396 e. The molecule has 0 radical (unpaired) electrons. The molecule has 0 saturated carbocycles. The Bertz CT molecular complexity index is 293. The summed E-state index contributed by atoms with van der Waals surface area (Å²) in [7, 11) is 0. The van der Waals surface area contributed by atoms with E-state index in [0.29, 0.717) is 16.5 Å². The molecule has 0 aliphatic carbocycles. The number of halogens is 3. The lowest BCUT2D eigenvalue weighted by atomic mass is 10.1. The first-order valence-corrected chi connectivity index (χ1v) is 4.72. The van der Waals surface area contributed by atoms with Gasteiger partial charge in [0.2, 0.25) is 0 Å². The van der Waals surface area contributed by atoms with E-state index >= 15 is 0 Å². The Hall–Kier alpha value is 0.01000. The van der Waals surface area contributed by atoms with Gasteiger partial charge in [-0.05, 0) is 24.1 Å². The maximum Gasteiger partial charge on any atom is 0.0595 e. The van der Waals surface area contributed by atoms with Crippen molar-refractivity contribution in [3.8, 4) is 0 Å². The van der Waals surface area contributed by atoms with Crippen LogP contribution in [0.25, 0.3) is 0 Å². The van der Waals surface area contributed by atoms with Gasteiger partial charge in [-0.2, -0.15) is 0 Å². The van der Waals surface area contributed by atoms with Gasteiger partial charge in [-0.1, -0.05) is 29.3 Å². The molecule has 1 aromatic carbocycles. The highest BCUT2D eigenvalue weighted by Gasteiger charge is 2.06. The third-order valence-electron chi connectivity index (χ3n) is 1.81. The summed E-state index contributed by atoms with van der Waals surface area (Å²) in [5, 5.41) is 9.69. The highest BCUT2D eigenvalue weighted by molar-refractivity contribution is 6.42. The molecule has 5 heteroatoms. The Labute approximate surface area is 99.4 Å². The molecule has 0 fully saturated rings. The van der Waals surface area contributed by atoms with Crippen molar-refractivity contribution in [1.82, 2.24) is 0 Å². The molecule has 1 atom stereocenters. The zero-order chi connectivity index (χ0) is 9.84. The van der Waals surface area contributed by atoms with Gasteiger partial charge < -0.3 is 10.8 Å². The van der Waals surface area contributed by atoms with Crippen molar-refractivity contribution < 1.29 is 5.11 Å². The molecule has 0 aromatic heterocycles. The summed E-state index contributed by atoms with van der Waals surface area (Å²) in [4.78, 5) is 0. The highest BCUT2D eigenvalue weighted by atomic mass is 35.5. The normalized spacial score (nSPS) is 12.0. The highest BCUT2D eigenvalue weighted by Crippen LogP contribution is 2.25. The van der Waals surface area contributed by atoms with E-state index in [1.54, 1.807) is 12.1 Å². The van der Waals surface area contributed by atoms with Crippen LogP contribution < -0.4 is 5.73 Å². The van der Waals surface area contributed by atoms with Gasteiger partial charge in [-0.15, -0.1) is 12.4 Å². The van der Waals surface area contributed by atoms with E-state index in [-0.39, 0.29) is 25.1 Å². The van der Waals surface area contributed by atoms with Crippen molar-refractivity contribution in [2.45, 2.75) is 12.5 Å². The smallest absolute Gasteiger partial charge is 0.0595 e. The van der Waals surface area contributed by atoms with E-state index in [1.165, 1.54) is 0 Å². The van der Waals surface area contributed by atoms with Crippen molar-refractivity contribution in [3.05, 3.63) is 33.8 Å². The number of nitrogens with two attached hydrogens (primary N) is 1. The van der Waals surface area contributed by atoms with Crippen LogP contribution in [0.3, 0.4) is 0 Å². The topological polar surface area (TPSA) is 46.2 Å². The second-order valence-corrected chi connectivity index (χ2v) is 3.61. The Balaban J connectivity index is 0.00000169. The first kappa shape index (κ1) is 14.0. The lowest BCUT2D eigenvalue weighted by Gasteiger charge is -2.10. The first-order valence-electron chi connectivity index (χ1n) is 3.96. The molecule has 1 rings (SSSR count). The van der Waals surface area contributed by atoms with E-state index in [1.807, 2.05) is 6.07 Å². The molecule has 1 unspecified atom stereocenters. The van der Waals surface area contributed by atoms with Crippen LogP contribution in [0, 0.1) is 0 Å². The maximum atomic E-state index is 8.68. The number of benzene rings is 1. The van der Waals surface area contributed by atoms with Crippen LogP contribution >= 0.6 is 35.6 Å². The fraction of sp³-hybridized carbons (Fsp3) is 0.333. The minimum absolute atomic E-state index is 0. The third-order valence-corrected chi connectivity index (χ3v) is 2.55. The molecular weight excluding hydrogens is 244 g/mol. The van der Waals surface area contributed by atoms with Gasteiger partial charge in [0.15, 0.2) is 0 Å². The van der Waals surface area contributed by atoms with Crippen molar-refractivity contribution in [1.29, 1.82) is 0 Å². The van der Waals surface area contributed by atoms with Crippen LogP contribution in [0.1, 0.15) is 18.0 Å². The molecule has 0 bridgehead atoms. The molecule has 3 N–H and O–H groups in total. The zero-order valence-corrected chi connectivity index (χ0v) is 9.74. The zero-order valence-electron chi connectivity index (χ0n) is 7.41. The summed E-state index contributed by atoms with van der Waals surface area (Å²) in [5.74, 6) is 0. The number of aliphatic hydroxyl groups is 1. The van der Waals surface area contributed by atoms with E-state index in [0.717, 1.165) is 5.56 Å². The van der Waals surface area contributed by atoms with Gasteiger partial charge in [0.05, 0.1) is 10.0 Å². The van der Waals surface area contributed by atoms with E-state index < -0.39 is 0 Å². The molecule has 0 heterocycles. The lowest BCUT2D eigenvalue weighted by molar-refractivity contribution is 0.276. The molecule has 2 nitrogen and oxygen atoms in total. The predicted molar refractivity (Wildman–Crippen MR) is 62.3 cm³/mol. The Morgan fingerprint density at radius 1 is 1.29 bits per heavy atom. The second kappa shape index (κ2) is 6.49. The van der Waals surface area contributed by atoms with E-state index in [2.05, 4.69) is 0 Å². The summed E-state index contributed by atoms with van der Waals surface area (Å²) in [6.07, 6.45) is 0.526. The third kappa shape index (κ3) is 3.64. The largest absolute Gasteiger partial charge is 0.396 e. The number of rotatable bonds is 3. The van der Waals surface area contributed by atoms with Crippen LogP contribution in [-0.2, 0) is 0 Å². The van der Waals surface area contributed by atoms with Gasteiger partial charge in [0.1, 0.15) is 0 Å². The molecule has 0 saturated heterocycles. The molecule has 80 valence electrons. The minimum atomic E-state index is -0.181. The van der Waals surface area contributed by atoms with Crippen molar-refractivity contribution >= 4 is 35.6 Å². The summed E-state index contributed by atoms with van der Waals surface area (Å²) in [6.45, 7) is 0.0708. The molecule has 14 heavy (non-hydrogen) atoms. The molecular formula is C9H12Cl3NO. The van der Waals surface area contributed by atoms with Gasteiger partial charge in [-0.25, -0.2) is 0 Å². The van der Waals surface area contributed by atoms with Crippen LogP contribution in [0.15, 0.2) is 18.2 Å². The van der Waals surface area contributed by atoms with Gasteiger partial charge in [-0.3, -0.25) is 0 Å². The molecule has 1 aromatic rings. The molecule has 0 aliphatic heterocycles. The Kier molecular flexibility index (Phi) is 6.49. The average molecular weight is 257 g/mol. The van der Waals surface area contributed by atoms with Crippen LogP contribution in [-0.4, -0.2) is 11.7 Å². The average Bonchev–Trinajstić information content (AvgIpc) is 2.10. The monoisotopic (exact) mass is 255 g/mol. The molecule has 0 aliphatic rings. The number of hydrogen-bond acceptors (Lipinski definition) is 2. The standard InChI is InChI=1S/C9H11Cl2NO.ClH/c10-7-2-1-6(5-8(7)11)9(12)3-4-13;/h1-2,5,9,13H,3-4,12H2;1H. The van der Waals surface area contributed by atoms with Crippen LogP contribution in [0.2, 0.25) is 10.0 Å². The van der Waals surface area contributed by atoms with Crippen molar-refractivity contribution in [2.24, 2.45) is 5.73 Å². The maximum absolute atomic E-state index is 8.68. The first-order chi connectivity index (χ1) is 6.15. The summed E-state index contributed by atoms with van der Waals surface area (Å²) in [6, 6.07) is 5.06. The number of aliphatic hydroxyl groups excluding tert-OH is 1. The second-order valence-electron chi connectivity index (χ2n) is 2.79. The number of hydrogen-bond donors (Lipinski definition) is 2. The van der Waals surface area contributed by atoms with E-state index in [4.69, 9.17) is 34.0 Å². The quantitative estimate of drug-likeness (QED) is 0.873. The Morgan fingerprint density at radius 2 is 1.93 bits per heavy atom. The summed E-state index contributed by atoms with van der Waals surface area (Å²) in [5.41, 5.74) is 6.65. The van der Waals surface area contributed by atoms with Gasteiger partial charge in [0.25, 0.3) is 0 Å². The van der Waals surface area contributed by atoms with Crippen molar-refractivity contribution in [3.63, 3.8) is 0 Å². The SMILES string of the molecule is Cl.NC(CCO)c1ccc(Cl)c(Cl)c1. The van der Waals surface area contributed by atoms with Crippen LogP contribution in [0.5, 0.6) is 0 Å². The fourth-order valence-corrected chi connectivity index (χ4v) is 1.36. The van der Waals surface area contributed by atoms with Crippen LogP contribution in [0.4, 0.5) is 0 Å². The lowest BCUT2D eigenvalue weighted by Crippen LogP contribution is -2.11. The molecule has 0 amide bonds. The summed E-state index contributed by atoms with van der Waals surface area (Å²) < 4.78 is 0. The van der Waals surface area contributed by atoms with Gasteiger partial charge in [0, 0.05) is 12.6 Å². The summed E-state index contributed by atoms with van der Waals surface area (Å²) >= 11 is 11.5. The van der Waals surface area contributed by atoms with Crippen molar-refractivity contribution in [2.75, 3.05) is 6.61 Å². The van der Waals surface area contributed by atoms with Gasteiger partial charge >= 0.3 is 0 Å². The molecule has 0 spiro atoms.